The van der Waals surface area contributed by atoms with Crippen molar-refractivity contribution in [2.45, 2.75) is 119 Å². The number of benzene rings is 2. The number of hydrogen-bond donors (Lipinski definition) is 1. The van der Waals surface area contributed by atoms with Crippen LogP contribution in [0.4, 0.5) is 0 Å². The molecule has 32 heavy (non-hydrogen) atoms. The van der Waals surface area contributed by atoms with Crippen molar-refractivity contribution < 1.29 is 5.11 Å². The highest BCUT2D eigenvalue weighted by atomic mass is 16.3. The van der Waals surface area contributed by atoms with Gasteiger partial charge in [0.15, 0.2) is 0 Å². The average molecular weight is 438 g/mol. The molecule has 0 saturated carbocycles. The lowest BCUT2D eigenvalue weighted by molar-refractivity contribution is 0.102. The van der Waals surface area contributed by atoms with Gasteiger partial charge in [-0.3, -0.25) is 4.90 Å². The fourth-order valence-electron chi connectivity index (χ4n) is 5.53. The average Bonchev–Trinajstić information content (AvgIpc) is 2.70. The van der Waals surface area contributed by atoms with Crippen LogP contribution in [0.2, 0.25) is 0 Å². The molecule has 2 aromatic rings. The second kappa shape index (κ2) is 10.9. The third-order valence-corrected chi connectivity index (χ3v) is 7.67. The number of aryl methyl sites for hydroxylation is 2. The molecule has 0 bridgehead atoms. The molecule has 2 unspecified atom stereocenters. The smallest absolute Gasteiger partial charge is 0.119 e. The van der Waals surface area contributed by atoms with Gasteiger partial charge in [-0.25, -0.2) is 0 Å². The first-order valence-electron chi connectivity index (χ1n) is 12.6. The highest BCUT2D eigenvalue weighted by Crippen LogP contribution is 2.41. The van der Waals surface area contributed by atoms with Crippen LogP contribution in [0.1, 0.15) is 112 Å². The van der Waals surface area contributed by atoms with E-state index in [1.165, 1.54) is 33.4 Å². The van der Waals surface area contributed by atoms with Gasteiger partial charge in [0.2, 0.25) is 0 Å². The predicted octanol–water partition coefficient (Wildman–Crippen LogP) is 8.17. The summed E-state index contributed by atoms with van der Waals surface area (Å²) in [5, 5.41) is 11.1. The van der Waals surface area contributed by atoms with Gasteiger partial charge in [0.1, 0.15) is 5.75 Å². The van der Waals surface area contributed by atoms with E-state index in [2.05, 4.69) is 99.3 Å². The molecule has 0 aliphatic rings. The zero-order valence-corrected chi connectivity index (χ0v) is 22.5. The minimum Gasteiger partial charge on any atom is -0.508 e. The summed E-state index contributed by atoms with van der Waals surface area (Å²) in [5.74, 6) is 1.02. The molecule has 2 heteroatoms. The highest BCUT2D eigenvalue weighted by Gasteiger charge is 2.29. The quantitative estimate of drug-likeness (QED) is 0.427. The van der Waals surface area contributed by atoms with E-state index in [-0.39, 0.29) is 5.92 Å². The largest absolute Gasteiger partial charge is 0.508 e. The standard InChI is InChI=1S/C30H47NO/c1-12-22(8)31(19(4)5)23(9)16-28(26-14-13-20(6)24(10)25(26)11)29-17-27(18(2)3)21(7)15-30(29)32/h13-15,17-19,22-23,28,32H,12,16H2,1-11H3/t22?,23?,28-/m1/s1. The van der Waals surface area contributed by atoms with Gasteiger partial charge in [-0.15, -0.1) is 0 Å². The molecular weight excluding hydrogens is 390 g/mol. The van der Waals surface area contributed by atoms with Crippen molar-refractivity contribution in [1.29, 1.82) is 0 Å². The lowest BCUT2D eigenvalue weighted by Gasteiger charge is -2.39. The zero-order chi connectivity index (χ0) is 24.3. The van der Waals surface area contributed by atoms with Crippen molar-refractivity contribution in [3.63, 3.8) is 0 Å². The Balaban J connectivity index is 2.67. The molecule has 2 nitrogen and oxygen atoms in total. The van der Waals surface area contributed by atoms with Crippen LogP contribution >= 0.6 is 0 Å². The number of nitrogens with zero attached hydrogens (tertiary/aromatic N) is 1. The third kappa shape index (κ3) is 5.57. The highest BCUT2D eigenvalue weighted by molar-refractivity contribution is 5.51. The molecule has 0 spiro atoms. The Kier molecular flexibility index (Phi) is 8.99. The maximum atomic E-state index is 11.1. The van der Waals surface area contributed by atoms with E-state index in [9.17, 15) is 5.11 Å². The maximum Gasteiger partial charge on any atom is 0.119 e. The fraction of sp³-hybridized carbons (Fsp3) is 0.600. The van der Waals surface area contributed by atoms with Gasteiger partial charge >= 0.3 is 0 Å². The van der Waals surface area contributed by atoms with Crippen LogP contribution in [-0.4, -0.2) is 28.1 Å². The van der Waals surface area contributed by atoms with Crippen LogP contribution < -0.4 is 0 Å². The third-order valence-electron chi connectivity index (χ3n) is 7.67. The molecule has 1 N–H and O–H groups in total. The second-order valence-corrected chi connectivity index (χ2v) is 10.6. The van der Waals surface area contributed by atoms with Gasteiger partial charge in [-0.05, 0) is 114 Å². The molecule has 0 aliphatic heterocycles. The summed E-state index contributed by atoms with van der Waals surface area (Å²) in [7, 11) is 0. The number of aromatic hydroxyl groups is 1. The first-order valence-corrected chi connectivity index (χ1v) is 12.6. The Bertz CT molecular complexity index is 912. The molecule has 2 aromatic carbocycles. The van der Waals surface area contributed by atoms with Crippen molar-refractivity contribution in [2.24, 2.45) is 0 Å². The van der Waals surface area contributed by atoms with Crippen molar-refractivity contribution in [2.75, 3.05) is 0 Å². The molecule has 0 fully saturated rings. The first-order chi connectivity index (χ1) is 14.9. The number of phenols is 1. The van der Waals surface area contributed by atoms with E-state index in [4.69, 9.17) is 0 Å². The zero-order valence-electron chi connectivity index (χ0n) is 22.5. The summed E-state index contributed by atoms with van der Waals surface area (Å²) < 4.78 is 0. The molecule has 0 aromatic heterocycles. The first kappa shape index (κ1) is 26.5. The lowest BCUT2D eigenvalue weighted by atomic mass is 9.79. The van der Waals surface area contributed by atoms with Gasteiger partial charge in [-0.2, -0.15) is 0 Å². The Morgan fingerprint density at radius 1 is 0.750 bits per heavy atom. The number of rotatable bonds is 9. The number of phenolic OH excluding ortho intramolecular Hbond substituents is 1. The molecule has 178 valence electrons. The van der Waals surface area contributed by atoms with Gasteiger partial charge in [0.25, 0.3) is 0 Å². The van der Waals surface area contributed by atoms with Crippen molar-refractivity contribution in [3.8, 4) is 5.75 Å². The van der Waals surface area contributed by atoms with Gasteiger partial charge < -0.3 is 5.11 Å². The lowest BCUT2D eigenvalue weighted by Crippen LogP contribution is -2.45. The summed E-state index contributed by atoms with van der Waals surface area (Å²) in [6.07, 6.45) is 2.13. The Morgan fingerprint density at radius 3 is 1.91 bits per heavy atom. The molecule has 0 heterocycles. The summed E-state index contributed by atoms with van der Waals surface area (Å²) in [4.78, 5) is 2.65. The molecule has 3 atom stereocenters. The van der Waals surface area contributed by atoms with Crippen LogP contribution in [-0.2, 0) is 0 Å². The topological polar surface area (TPSA) is 23.5 Å². The summed E-state index contributed by atoms with van der Waals surface area (Å²) in [6, 6.07) is 10.2. The Hall–Kier alpha value is -1.80. The monoisotopic (exact) mass is 437 g/mol. The van der Waals surface area contributed by atoms with E-state index in [0.29, 0.717) is 29.8 Å². The van der Waals surface area contributed by atoms with Crippen LogP contribution in [0.25, 0.3) is 0 Å². The fourth-order valence-corrected chi connectivity index (χ4v) is 5.53. The van der Waals surface area contributed by atoms with Crippen molar-refractivity contribution in [3.05, 3.63) is 63.2 Å². The molecule has 0 radical (unpaired) electrons. The summed E-state index contributed by atoms with van der Waals surface area (Å²) in [5.41, 5.74) is 8.98. The summed E-state index contributed by atoms with van der Waals surface area (Å²) >= 11 is 0. The SMILES string of the molecule is CCC(C)N(C(C)C)C(C)C[C@@H](c1cc(C(C)C)c(C)cc1O)c1ccc(C)c(C)c1C. The molecule has 0 aliphatic carbocycles. The van der Waals surface area contributed by atoms with Crippen LogP contribution in [0.15, 0.2) is 24.3 Å². The van der Waals surface area contributed by atoms with E-state index in [1.54, 1.807) is 0 Å². The van der Waals surface area contributed by atoms with E-state index in [1.807, 2.05) is 6.07 Å². The number of hydrogen-bond acceptors (Lipinski definition) is 2. The van der Waals surface area contributed by atoms with Gasteiger partial charge in [-0.1, -0.05) is 39.0 Å². The normalized spacial score (nSPS) is 14.9. The predicted molar refractivity (Wildman–Crippen MR) is 140 cm³/mol. The van der Waals surface area contributed by atoms with E-state index >= 15 is 0 Å². The second-order valence-electron chi connectivity index (χ2n) is 10.6. The van der Waals surface area contributed by atoms with Gasteiger partial charge in [0.05, 0.1) is 0 Å². The molecular formula is C30H47NO. The summed E-state index contributed by atoms with van der Waals surface area (Å²) in [6.45, 7) is 24.8. The van der Waals surface area contributed by atoms with Crippen molar-refractivity contribution in [1.82, 2.24) is 4.90 Å². The molecule has 2 rings (SSSR count). The maximum absolute atomic E-state index is 11.1. The molecule has 0 amide bonds. The molecule has 0 saturated heterocycles. The van der Waals surface area contributed by atoms with E-state index in [0.717, 1.165) is 18.4 Å². The van der Waals surface area contributed by atoms with Crippen LogP contribution in [0.5, 0.6) is 5.75 Å². The van der Waals surface area contributed by atoms with Gasteiger partial charge in [0, 0.05) is 29.6 Å². The minimum absolute atomic E-state index is 0.160. The van der Waals surface area contributed by atoms with Crippen LogP contribution in [0, 0.1) is 27.7 Å². The van der Waals surface area contributed by atoms with E-state index < -0.39 is 0 Å². The van der Waals surface area contributed by atoms with Crippen LogP contribution in [0.3, 0.4) is 0 Å². The minimum atomic E-state index is 0.160. The Morgan fingerprint density at radius 2 is 1.38 bits per heavy atom. The van der Waals surface area contributed by atoms with Crippen molar-refractivity contribution >= 4 is 0 Å². The Labute approximate surface area is 198 Å².